The summed E-state index contributed by atoms with van der Waals surface area (Å²) in [6.07, 6.45) is 2.60. The Kier molecular flexibility index (Phi) is 10.4. The van der Waals surface area contributed by atoms with Crippen molar-refractivity contribution in [3.8, 4) is 0 Å². The number of Topliss-reactive ketones (excluding diaryl/α,β-unsaturated/α-hetero) is 1. The van der Waals surface area contributed by atoms with Crippen molar-refractivity contribution in [1.82, 2.24) is 0 Å². The summed E-state index contributed by atoms with van der Waals surface area (Å²) in [6, 6.07) is 0. The van der Waals surface area contributed by atoms with Gasteiger partial charge >= 0.3 is 74.8 Å². The van der Waals surface area contributed by atoms with Gasteiger partial charge in [0, 0.05) is 16.7 Å². The van der Waals surface area contributed by atoms with Gasteiger partial charge in [-0.1, -0.05) is 25.5 Å². The van der Waals surface area contributed by atoms with Crippen LogP contribution in [-0.2, 0) is 27.8 Å². The van der Waals surface area contributed by atoms with Gasteiger partial charge in [0.2, 0.25) is 0 Å². The Morgan fingerprint density at radius 2 is 1.74 bits per heavy atom. The van der Waals surface area contributed by atoms with Gasteiger partial charge in [0.1, 0.15) is 12.2 Å². The summed E-state index contributed by atoms with van der Waals surface area (Å²) in [7, 11) is -10.5. The molecule has 0 saturated heterocycles. The predicted molar refractivity (Wildman–Crippen MR) is 136 cm³/mol. The number of carbonyl (C=O) groups is 2. The molecule has 16 heteroatoms. The maximum atomic E-state index is 17.2. The van der Waals surface area contributed by atoms with Crippen LogP contribution in [0.25, 0.3) is 0 Å². The van der Waals surface area contributed by atoms with Crippen LogP contribution < -0.4 is 0 Å². The van der Waals surface area contributed by atoms with Gasteiger partial charge in [-0.15, -0.1) is 0 Å². The number of carbonyl (C=O) groups excluding carboxylic acids is 2. The summed E-state index contributed by atoms with van der Waals surface area (Å²) in [6.45, 7) is 3.39. The van der Waals surface area contributed by atoms with Crippen molar-refractivity contribution in [2.75, 3.05) is 6.61 Å². The van der Waals surface area contributed by atoms with E-state index in [-0.39, 0.29) is 77.7 Å². The number of hydrogen-bond donors (Lipinski definition) is 5. The Hall–Kier alpha value is 0.930. The fourth-order valence-corrected chi connectivity index (χ4v) is 8.96. The zero-order valence-corrected chi connectivity index (χ0v) is 21.8. The molecule has 0 aromatic rings. The molecule has 0 bridgehead atoms. The molecule has 3 saturated carbocycles. The SMILES string of the molecule is C[C@H]1C[C@H]2[C@@H]3CCC4=CC(=O)C=C[C@]4(C)[C@@]3(F)[C@@H](O)C[C@]2(C)[C@@]1(OP(=O)(O)O)C(=O)COP(=O)(O)O.[NaH].[NaH]. The number of halogens is 1. The summed E-state index contributed by atoms with van der Waals surface area (Å²) in [4.78, 5) is 63.2. The minimum atomic E-state index is -5.36. The monoisotopic (exact) mass is 600 g/mol. The number of hydrogen-bond acceptors (Lipinski definition) is 7. The van der Waals surface area contributed by atoms with Gasteiger partial charge in [0.15, 0.2) is 17.2 Å². The third kappa shape index (κ3) is 5.29. The number of allylic oxidation sites excluding steroid dienone is 4. The molecule has 0 spiro atoms. The number of alkyl halides is 1. The van der Waals surface area contributed by atoms with E-state index in [9.17, 15) is 33.6 Å². The van der Waals surface area contributed by atoms with Crippen LogP contribution >= 0.6 is 15.6 Å². The number of fused-ring (bicyclic) bond motifs is 5. The molecule has 0 aromatic heterocycles. The number of aliphatic hydroxyl groups is 1. The van der Waals surface area contributed by atoms with Crippen LogP contribution in [0, 0.1) is 28.6 Å². The molecule has 0 aliphatic heterocycles. The topological polar surface area (TPSA) is 188 Å². The van der Waals surface area contributed by atoms with E-state index in [1.54, 1.807) is 6.92 Å². The third-order valence-electron chi connectivity index (χ3n) is 9.22. The summed E-state index contributed by atoms with van der Waals surface area (Å²) < 4.78 is 50.1. The zero-order chi connectivity index (χ0) is 27.1. The van der Waals surface area contributed by atoms with E-state index in [4.69, 9.17) is 14.3 Å². The fourth-order valence-electron chi connectivity index (χ4n) is 7.81. The van der Waals surface area contributed by atoms with Crippen molar-refractivity contribution >= 4 is 86.3 Å². The fraction of sp³-hybridized carbons (Fsp3) is 0.727. The van der Waals surface area contributed by atoms with E-state index < -0.39 is 80.4 Å². The Bertz CT molecular complexity index is 1150. The molecule has 11 nitrogen and oxygen atoms in total. The average molecular weight is 600 g/mol. The molecular weight excluding hydrogens is 567 g/mol. The average Bonchev–Trinajstić information content (AvgIpc) is 2.94. The van der Waals surface area contributed by atoms with E-state index in [0.29, 0.717) is 12.0 Å². The summed E-state index contributed by atoms with van der Waals surface area (Å²) in [5.41, 5.74) is -6.84. The molecule has 4 aliphatic carbocycles. The van der Waals surface area contributed by atoms with E-state index in [0.717, 1.165) is 0 Å². The minimum absolute atomic E-state index is 0. The van der Waals surface area contributed by atoms with Gasteiger partial charge in [-0.25, -0.2) is 13.5 Å². The number of phosphoric ester groups is 2. The van der Waals surface area contributed by atoms with Crippen LogP contribution in [0.1, 0.15) is 46.5 Å². The van der Waals surface area contributed by atoms with Crippen LogP contribution in [0.15, 0.2) is 23.8 Å². The van der Waals surface area contributed by atoms with E-state index >= 15 is 4.39 Å². The first-order valence-electron chi connectivity index (χ1n) is 11.6. The van der Waals surface area contributed by atoms with Crippen molar-refractivity contribution in [3.05, 3.63) is 23.8 Å². The normalized spacial score (nSPS) is 42.1. The Morgan fingerprint density at radius 3 is 2.29 bits per heavy atom. The van der Waals surface area contributed by atoms with Crippen molar-refractivity contribution in [2.24, 2.45) is 28.6 Å². The number of rotatable bonds is 6. The van der Waals surface area contributed by atoms with Gasteiger partial charge < -0.3 is 24.7 Å². The molecule has 4 rings (SSSR count). The van der Waals surface area contributed by atoms with Crippen LogP contribution in [0.3, 0.4) is 0 Å². The summed E-state index contributed by atoms with van der Waals surface area (Å²) in [5.74, 6) is -3.88. The molecule has 0 heterocycles. The number of phosphoric acid groups is 2. The first kappa shape index (κ1) is 35.1. The molecule has 0 aromatic carbocycles. The van der Waals surface area contributed by atoms with Crippen molar-refractivity contribution in [3.63, 3.8) is 0 Å². The summed E-state index contributed by atoms with van der Waals surface area (Å²) >= 11 is 0. The zero-order valence-electron chi connectivity index (χ0n) is 20.0. The Labute approximate surface area is 264 Å². The Balaban J connectivity index is 0.00000253. The van der Waals surface area contributed by atoms with Gasteiger partial charge in [0.25, 0.3) is 0 Å². The second-order valence-electron chi connectivity index (χ2n) is 10.9. The van der Waals surface area contributed by atoms with Gasteiger partial charge in [-0.05, 0) is 56.6 Å². The number of ketones is 2. The van der Waals surface area contributed by atoms with Gasteiger partial charge in [-0.3, -0.25) is 18.6 Å². The van der Waals surface area contributed by atoms with E-state index in [1.165, 1.54) is 32.1 Å². The Morgan fingerprint density at radius 1 is 1.13 bits per heavy atom. The molecule has 38 heavy (non-hydrogen) atoms. The molecule has 3 fully saturated rings. The molecule has 8 atom stereocenters. The first-order chi connectivity index (χ1) is 16.3. The van der Waals surface area contributed by atoms with Crippen molar-refractivity contribution < 1.29 is 56.8 Å². The molecular formula is C22H33FNa2O11P2. The quantitative estimate of drug-likeness (QED) is 0.215. The second-order valence-corrected chi connectivity index (χ2v) is 13.3. The van der Waals surface area contributed by atoms with Crippen molar-refractivity contribution in [2.45, 2.75) is 63.8 Å². The van der Waals surface area contributed by atoms with Crippen LogP contribution in [0.2, 0.25) is 0 Å². The molecule has 0 radical (unpaired) electrons. The maximum absolute atomic E-state index is 17.2. The second kappa shape index (κ2) is 11.2. The van der Waals surface area contributed by atoms with Gasteiger partial charge in [-0.2, -0.15) is 0 Å². The molecule has 0 amide bonds. The van der Waals surface area contributed by atoms with Crippen LogP contribution in [0.4, 0.5) is 4.39 Å². The molecule has 206 valence electrons. The van der Waals surface area contributed by atoms with Gasteiger partial charge in [0.05, 0.1) is 6.10 Å². The van der Waals surface area contributed by atoms with Crippen molar-refractivity contribution in [1.29, 1.82) is 0 Å². The molecule has 0 unspecified atom stereocenters. The third-order valence-corrected chi connectivity index (χ3v) is 10.2. The standard InChI is InChI=1S/C22H31FO11P2.2Na.2H/c1-12-8-16-15-5-4-13-9-14(24)6-7-19(13,2)21(15,23)17(25)10-20(16,3)22(12,34-36(30,31)32)18(26)11-33-35(27,28)29;;;;/h6-7,9,12,15-17,25H,4-5,8,10-11H2,1-3H3,(H2,27,28,29)(H2,30,31,32);;;;/t12-,15-,16-,17-,19-,20-,21-,22-;;;;/m0..../s1. The van der Waals surface area contributed by atoms with Crippen LogP contribution in [-0.4, -0.2) is 119 Å². The predicted octanol–water partition coefficient (Wildman–Crippen LogP) is 0.833. The summed E-state index contributed by atoms with van der Waals surface area (Å²) in [5, 5.41) is 11.4. The van der Waals surface area contributed by atoms with E-state index in [1.807, 2.05) is 0 Å². The molecule has 5 N–H and O–H groups in total. The van der Waals surface area contributed by atoms with Crippen LogP contribution in [0.5, 0.6) is 0 Å². The first-order valence-corrected chi connectivity index (χ1v) is 14.7. The molecule has 4 aliphatic rings. The number of aliphatic hydroxyl groups excluding tert-OH is 1. The van der Waals surface area contributed by atoms with E-state index in [2.05, 4.69) is 4.52 Å².